The van der Waals surface area contributed by atoms with Crippen molar-refractivity contribution >= 4 is 0 Å². The number of aromatic nitrogens is 2. The molecule has 0 spiro atoms. The molecule has 2 heterocycles. The van der Waals surface area contributed by atoms with E-state index in [2.05, 4.69) is 16.5 Å². The van der Waals surface area contributed by atoms with Crippen LogP contribution in [-0.2, 0) is 13.0 Å². The molecule has 0 aromatic carbocycles. The molecule has 2 rings (SSSR count). The second kappa shape index (κ2) is 3.40. The van der Waals surface area contributed by atoms with Crippen LogP contribution in [0.25, 0.3) is 0 Å². The van der Waals surface area contributed by atoms with Gasteiger partial charge < -0.3 is 9.30 Å². The molecule has 72 valence electrons. The molecule has 3 heteroatoms. The zero-order valence-corrected chi connectivity index (χ0v) is 8.34. The molecule has 0 aliphatic carbocycles. The lowest BCUT2D eigenvalue weighted by molar-refractivity contribution is 0.325. The molecule has 0 unspecified atom stereocenters. The SMILES string of the molecule is CCOc1nc2n(c1C)CCCC2. The van der Waals surface area contributed by atoms with E-state index in [4.69, 9.17) is 4.74 Å². The molecule has 3 nitrogen and oxygen atoms in total. The third-order valence-corrected chi connectivity index (χ3v) is 2.57. The fourth-order valence-corrected chi connectivity index (χ4v) is 1.88. The van der Waals surface area contributed by atoms with Gasteiger partial charge in [0.15, 0.2) is 0 Å². The predicted octanol–water partition coefficient (Wildman–Crippen LogP) is 1.93. The summed E-state index contributed by atoms with van der Waals surface area (Å²) < 4.78 is 7.74. The molecule has 0 atom stereocenters. The summed E-state index contributed by atoms with van der Waals surface area (Å²) in [5, 5.41) is 0. The van der Waals surface area contributed by atoms with Crippen molar-refractivity contribution in [2.75, 3.05) is 6.61 Å². The number of aryl methyl sites for hydroxylation is 1. The van der Waals surface area contributed by atoms with Gasteiger partial charge >= 0.3 is 0 Å². The van der Waals surface area contributed by atoms with E-state index >= 15 is 0 Å². The summed E-state index contributed by atoms with van der Waals surface area (Å²) in [6.45, 7) is 5.91. The van der Waals surface area contributed by atoms with Crippen LogP contribution in [0.1, 0.15) is 31.3 Å². The highest BCUT2D eigenvalue weighted by atomic mass is 16.5. The van der Waals surface area contributed by atoms with Crippen LogP contribution in [0.4, 0.5) is 0 Å². The van der Waals surface area contributed by atoms with Crippen molar-refractivity contribution in [3.05, 3.63) is 11.5 Å². The lowest BCUT2D eigenvalue weighted by atomic mass is 10.2. The first kappa shape index (κ1) is 8.60. The van der Waals surface area contributed by atoms with Crippen molar-refractivity contribution < 1.29 is 4.74 Å². The van der Waals surface area contributed by atoms with Gasteiger partial charge in [0.05, 0.1) is 12.3 Å². The van der Waals surface area contributed by atoms with Gasteiger partial charge in [-0.3, -0.25) is 0 Å². The Bertz CT molecular complexity index is 304. The van der Waals surface area contributed by atoms with Gasteiger partial charge in [0.25, 0.3) is 0 Å². The topological polar surface area (TPSA) is 27.1 Å². The van der Waals surface area contributed by atoms with E-state index in [0.29, 0.717) is 6.61 Å². The summed E-state index contributed by atoms with van der Waals surface area (Å²) >= 11 is 0. The van der Waals surface area contributed by atoms with Crippen LogP contribution in [0.15, 0.2) is 0 Å². The van der Waals surface area contributed by atoms with Crippen molar-refractivity contribution in [3.8, 4) is 5.88 Å². The van der Waals surface area contributed by atoms with Gasteiger partial charge in [0.1, 0.15) is 5.82 Å². The number of hydrogen-bond acceptors (Lipinski definition) is 2. The molecule has 1 aliphatic rings. The zero-order valence-electron chi connectivity index (χ0n) is 8.34. The lowest BCUT2D eigenvalue weighted by Gasteiger charge is -2.14. The second-order valence-corrected chi connectivity index (χ2v) is 3.46. The molecule has 0 amide bonds. The largest absolute Gasteiger partial charge is 0.477 e. The van der Waals surface area contributed by atoms with E-state index in [1.54, 1.807) is 0 Å². The Morgan fingerprint density at radius 2 is 2.31 bits per heavy atom. The summed E-state index contributed by atoms with van der Waals surface area (Å²) in [6.07, 6.45) is 3.64. The van der Waals surface area contributed by atoms with Gasteiger partial charge in [-0.15, -0.1) is 0 Å². The van der Waals surface area contributed by atoms with E-state index in [1.807, 2.05) is 6.92 Å². The van der Waals surface area contributed by atoms with Gasteiger partial charge in [0.2, 0.25) is 5.88 Å². The smallest absolute Gasteiger partial charge is 0.234 e. The third-order valence-electron chi connectivity index (χ3n) is 2.57. The molecule has 1 aromatic rings. The summed E-state index contributed by atoms with van der Waals surface area (Å²) in [6, 6.07) is 0. The molecule has 0 bridgehead atoms. The Morgan fingerprint density at radius 3 is 3.00 bits per heavy atom. The number of ether oxygens (including phenoxy) is 1. The normalized spacial score (nSPS) is 15.5. The Morgan fingerprint density at radius 1 is 1.46 bits per heavy atom. The molecule has 0 radical (unpaired) electrons. The van der Waals surface area contributed by atoms with Crippen molar-refractivity contribution in [2.24, 2.45) is 0 Å². The van der Waals surface area contributed by atoms with Gasteiger partial charge in [-0.1, -0.05) is 0 Å². The average molecular weight is 180 g/mol. The van der Waals surface area contributed by atoms with Crippen LogP contribution in [0, 0.1) is 6.92 Å². The number of rotatable bonds is 2. The van der Waals surface area contributed by atoms with E-state index in [0.717, 1.165) is 18.8 Å². The van der Waals surface area contributed by atoms with Crippen molar-refractivity contribution in [1.82, 2.24) is 9.55 Å². The summed E-state index contributed by atoms with van der Waals surface area (Å²) in [7, 11) is 0. The first-order chi connectivity index (χ1) is 6.33. The number of nitrogens with zero attached hydrogens (tertiary/aromatic N) is 2. The van der Waals surface area contributed by atoms with Gasteiger partial charge in [-0.2, -0.15) is 4.98 Å². The summed E-state index contributed by atoms with van der Waals surface area (Å²) in [5.41, 5.74) is 1.19. The Kier molecular flexibility index (Phi) is 2.25. The van der Waals surface area contributed by atoms with Crippen molar-refractivity contribution in [2.45, 2.75) is 39.7 Å². The quantitative estimate of drug-likeness (QED) is 0.695. The van der Waals surface area contributed by atoms with Crippen LogP contribution >= 0.6 is 0 Å². The number of hydrogen-bond donors (Lipinski definition) is 0. The highest BCUT2D eigenvalue weighted by molar-refractivity contribution is 5.22. The molecule has 0 fully saturated rings. The molecule has 1 aromatic heterocycles. The predicted molar refractivity (Wildman–Crippen MR) is 51.1 cm³/mol. The second-order valence-electron chi connectivity index (χ2n) is 3.46. The summed E-state index contributed by atoms with van der Waals surface area (Å²) in [5.74, 6) is 2.03. The maximum Gasteiger partial charge on any atom is 0.234 e. The number of fused-ring (bicyclic) bond motifs is 1. The Labute approximate surface area is 78.7 Å². The van der Waals surface area contributed by atoms with Gasteiger partial charge in [-0.05, 0) is 26.7 Å². The number of imidazole rings is 1. The fraction of sp³-hybridized carbons (Fsp3) is 0.700. The third kappa shape index (κ3) is 1.43. The molecule has 0 N–H and O–H groups in total. The molecule has 0 saturated carbocycles. The minimum atomic E-state index is 0.706. The monoisotopic (exact) mass is 180 g/mol. The maximum absolute atomic E-state index is 5.46. The maximum atomic E-state index is 5.46. The van der Waals surface area contributed by atoms with E-state index in [-0.39, 0.29) is 0 Å². The Hall–Kier alpha value is -0.990. The van der Waals surface area contributed by atoms with Crippen LogP contribution < -0.4 is 4.74 Å². The highest BCUT2D eigenvalue weighted by Gasteiger charge is 2.16. The summed E-state index contributed by atoms with van der Waals surface area (Å²) in [4.78, 5) is 4.48. The van der Waals surface area contributed by atoms with Gasteiger partial charge in [-0.25, -0.2) is 0 Å². The zero-order chi connectivity index (χ0) is 9.26. The Balaban J connectivity index is 2.33. The first-order valence-electron chi connectivity index (χ1n) is 5.01. The molecule has 1 aliphatic heterocycles. The van der Waals surface area contributed by atoms with Gasteiger partial charge in [0, 0.05) is 13.0 Å². The molecule has 0 saturated heterocycles. The van der Waals surface area contributed by atoms with E-state index in [9.17, 15) is 0 Å². The molecular formula is C10H16N2O. The molecular weight excluding hydrogens is 164 g/mol. The van der Waals surface area contributed by atoms with E-state index < -0.39 is 0 Å². The van der Waals surface area contributed by atoms with Crippen molar-refractivity contribution in [3.63, 3.8) is 0 Å². The first-order valence-corrected chi connectivity index (χ1v) is 5.01. The van der Waals surface area contributed by atoms with Crippen molar-refractivity contribution in [1.29, 1.82) is 0 Å². The lowest BCUT2D eigenvalue weighted by Crippen LogP contribution is -2.11. The van der Waals surface area contributed by atoms with E-state index in [1.165, 1.54) is 24.4 Å². The minimum absolute atomic E-state index is 0.706. The fourth-order valence-electron chi connectivity index (χ4n) is 1.88. The highest BCUT2D eigenvalue weighted by Crippen LogP contribution is 2.23. The van der Waals surface area contributed by atoms with Crippen LogP contribution in [0.3, 0.4) is 0 Å². The minimum Gasteiger partial charge on any atom is -0.477 e. The standard InChI is InChI=1S/C10H16N2O/c1-3-13-10-8(2)12-7-5-4-6-9(12)11-10/h3-7H2,1-2H3. The molecule has 13 heavy (non-hydrogen) atoms. The van der Waals surface area contributed by atoms with Crippen LogP contribution in [0.5, 0.6) is 5.88 Å². The average Bonchev–Trinajstić information content (AvgIpc) is 2.46. The van der Waals surface area contributed by atoms with Crippen LogP contribution in [0.2, 0.25) is 0 Å². The van der Waals surface area contributed by atoms with Crippen LogP contribution in [-0.4, -0.2) is 16.2 Å².